The van der Waals surface area contributed by atoms with Gasteiger partial charge in [-0.25, -0.2) is 0 Å². The zero-order valence-electron chi connectivity index (χ0n) is 4.04. The number of rotatable bonds is 0. The van der Waals surface area contributed by atoms with Crippen LogP contribution in [0.4, 0.5) is 0 Å². The molecule has 0 amide bonds. The number of hydrogen-bond acceptors (Lipinski definition) is 4. The van der Waals surface area contributed by atoms with Gasteiger partial charge in [-0.05, 0) is 0 Å². The van der Waals surface area contributed by atoms with Crippen LogP contribution in [-0.4, -0.2) is 19.0 Å². The zero-order chi connectivity index (χ0) is 4.50. The average molecular weight is 254 g/mol. The van der Waals surface area contributed by atoms with E-state index in [2.05, 4.69) is 0 Å². The Labute approximate surface area is 110 Å². The van der Waals surface area contributed by atoms with Gasteiger partial charge in [0.25, 0.3) is 0 Å². The Kier molecular flexibility index (Phi) is 16.6. The van der Waals surface area contributed by atoms with Gasteiger partial charge < -0.3 is 0 Å². The van der Waals surface area contributed by atoms with E-state index < -0.39 is 19.0 Å². The maximum atomic E-state index is 8.63. The van der Waals surface area contributed by atoms with Crippen LogP contribution in [0.3, 0.4) is 0 Å². The second-order valence-electron chi connectivity index (χ2n) is 0.408. The Morgan fingerprint density at radius 2 is 1.14 bits per heavy atom. The van der Waals surface area contributed by atoms with E-state index >= 15 is 0 Å². The first-order valence-electron chi connectivity index (χ1n) is 0.667. The summed E-state index contributed by atoms with van der Waals surface area (Å²) in [6.07, 6.45) is 0. The van der Waals surface area contributed by atoms with Crippen LogP contribution < -0.4 is 87.9 Å². The van der Waals surface area contributed by atoms with Crippen LogP contribution in [0.2, 0.25) is 0 Å². The van der Waals surface area contributed by atoms with Crippen molar-refractivity contribution in [3.05, 3.63) is 0 Å². The van der Waals surface area contributed by atoms with E-state index in [0.29, 0.717) is 0 Å². The molecule has 0 aromatic rings. The van der Waals surface area contributed by atoms with Crippen LogP contribution in [0.1, 0.15) is 0 Å². The molecule has 0 bridgehead atoms. The van der Waals surface area contributed by atoms with E-state index in [-0.39, 0.29) is 80.9 Å². The minimum absolute atomic E-state index is 0. The van der Waals surface area contributed by atoms with Crippen LogP contribution in [0.5, 0.6) is 0 Å². The first-order valence-corrected chi connectivity index (χ1v) is 4.47. The van der Waals surface area contributed by atoms with Crippen LogP contribution in [0, 0.1) is 0 Å². The van der Waals surface area contributed by atoms with Gasteiger partial charge in [0.2, 0.25) is 0 Å². The van der Waals surface area contributed by atoms with Crippen molar-refractivity contribution in [2.45, 2.75) is 0 Å². The first-order chi connectivity index (χ1) is 2.00. The molecule has 0 atom stereocenters. The minimum Gasteiger partial charge on any atom is 1.00 e. The van der Waals surface area contributed by atoms with E-state index in [1.54, 1.807) is 0 Å². The van der Waals surface area contributed by atoms with Gasteiger partial charge in [0.1, 0.15) is 0 Å². The molecule has 7 heavy (non-hydrogen) atoms. The Balaban J connectivity index is -0.0000000800. The zero-order valence-corrected chi connectivity index (χ0v) is 11.5. The fraction of sp³-hybridized carbons (Fsp3) is 0. The maximum Gasteiger partial charge on any atom is 1.00 e. The standard InChI is InChI=1S/K.Na.H2O4Te/c;;1-5(2,3)4/h;;(H2,1,2,3,4)/q2*+1;/p-2. The molecule has 0 saturated heterocycles. The van der Waals surface area contributed by atoms with Crippen molar-refractivity contribution >= 4 is 19.0 Å². The van der Waals surface area contributed by atoms with Gasteiger partial charge in [-0.2, -0.15) is 0 Å². The summed E-state index contributed by atoms with van der Waals surface area (Å²) in [5.74, 6) is 0. The fourth-order valence-electron chi connectivity index (χ4n) is 0. The predicted molar refractivity (Wildman–Crippen MR) is 7.13 cm³/mol. The first kappa shape index (κ1) is 16.5. The summed E-state index contributed by atoms with van der Waals surface area (Å²) in [7, 11) is 0. The van der Waals surface area contributed by atoms with Crippen molar-refractivity contribution in [1.29, 1.82) is 0 Å². The van der Waals surface area contributed by atoms with Crippen LogP contribution in [-0.2, 0) is 6.21 Å². The van der Waals surface area contributed by atoms with E-state index in [9.17, 15) is 0 Å². The smallest absolute Gasteiger partial charge is 1.00 e. The molecule has 7 heteroatoms. The molecule has 4 nitrogen and oxygen atoms in total. The van der Waals surface area contributed by atoms with Gasteiger partial charge in [0.15, 0.2) is 0 Å². The largest absolute Gasteiger partial charge is 1.00 e. The predicted octanol–water partition coefficient (Wildman–Crippen LogP) is -8.99. The van der Waals surface area contributed by atoms with Crippen LogP contribution in [0.15, 0.2) is 0 Å². The molecule has 0 rings (SSSR count). The van der Waals surface area contributed by atoms with Crippen molar-refractivity contribution in [1.82, 2.24) is 0 Å². The fourth-order valence-corrected chi connectivity index (χ4v) is 0. The van der Waals surface area contributed by atoms with Gasteiger partial charge >= 0.3 is 113 Å². The molecule has 0 aliphatic rings. The van der Waals surface area contributed by atoms with Crippen molar-refractivity contribution in [2.75, 3.05) is 0 Å². The quantitative estimate of drug-likeness (QED) is 0.402. The summed E-state index contributed by atoms with van der Waals surface area (Å²) in [6.45, 7) is 0. The maximum absolute atomic E-state index is 8.63. The van der Waals surface area contributed by atoms with Gasteiger partial charge in [-0.3, -0.25) is 0 Å². The summed E-state index contributed by atoms with van der Waals surface area (Å²) in [5.41, 5.74) is 0. The third kappa shape index (κ3) is 49.7. The number of hydrogen-bond donors (Lipinski definition) is 0. The monoisotopic (exact) mass is 256 g/mol. The Morgan fingerprint density at radius 3 is 1.14 bits per heavy atom. The van der Waals surface area contributed by atoms with Gasteiger partial charge in [0, 0.05) is 0 Å². The van der Waals surface area contributed by atoms with Crippen LogP contribution >= 0.6 is 0 Å². The summed E-state index contributed by atoms with van der Waals surface area (Å²) in [4.78, 5) is 0. The van der Waals surface area contributed by atoms with Crippen molar-refractivity contribution in [3.63, 3.8) is 0 Å². The molecule has 0 radical (unpaired) electrons. The second-order valence-corrected chi connectivity index (χ2v) is 2.74. The van der Waals surface area contributed by atoms with E-state index in [1.807, 2.05) is 0 Å². The van der Waals surface area contributed by atoms with Crippen LogP contribution in [0.25, 0.3) is 0 Å². The molecule has 0 fully saturated rings. The molecule has 0 unspecified atom stereocenters. The Hall–Kier alpha value is 2.95. The molecule has 0 aromatic heterocycles. The van der Waals surface area contributed by atoms with Crippen molar-refractivity contribution in [2.24, 2.45) is 0 Å². The third-order valence-electron chi connectivity index (χ3n) is 0. The molecule has 0 aliphatic heterocycles. The normalized spacial score (nSPS) is 8.29. The van der Waals surface area contributed by atoms with Crippen molar-refractivity contribution < 1.29 is 94.1 Å². The molecule has 0 saturated carbocycles. The minimum atomic E-state index is -6.02. The summed E-state index contributed by atoms with van der Waals surface area (Å²) >= 11 is -6.02. The Bertz CT molecular complexity index is 94.9. The van der Waals surface area contributed by atoms with Crippen molar-refractivity contribution in [3.8, 4) is 0 Å². The van der Waals surface area contributed by atoms with Gasteiger partial charge in [-0.1, -0.05) is 0 Å². The summed E-state index contributed by atoms with van der Waals surface area (Å²) in [5, 5.41) is 0. The molecule has 0 N–H and O–H groups in total. The molecular weight excluding hydrogens is 254 g/mol. The molecule has 0 spiro atoms. The van der Waals surface area contributed by atoms with Gasteiger partial charge in [0.05, 0.1) is 0 Å². The molecule has 32 valence electrons. The van der Waals surface area contributed by atoms with Gasteiger partial charge in [-0.15, -0.1) is 0 Å². The SMILES string of the molecule is O=[Te](=O)([O-])[O-].[K+].[Na+]. The Morgan fingerprint density at radius 1 is 1.14 bits per heavy atom. The summed E-state index contributed by atoms with van der Waals surface area (Å²) < 4.78 is 34.5. The molecular formula is KNaO4Te. The second kappa shape index (κ2) is 7.06. The third-order valence-corrected chi connectivity index (χ3v) is 0. The summed E-state index contributed by atoms with van der Waals surface area (Å²) in [6, 6.07) is 0. The molecule has 0 aromatic carbocycles. The molecule has 0 aliphatic carbocycles. The average Bonchev–Trinajstić information content (AvgIpc) is 0.722. The topological polar surface area (TPSA) is 80.3 Å². The molecule has 0 heterocycles. The van der Waals surface area contributed by atoms with E-state index in [0.717, 1.165) is 0 Å². The van der Waals surface area contributed by atoms with E-state index in [1.165, 1.54) is 0 Å². The van der Waals surface area contributed by atoms with E-state index in [4.69, 9.17) is 13.2 Å².